The van der Waals surface area contributed by atoms with Gasteiger partial charge in [-0.05, 0) is 37.4 Å². The third-order valence-electron chi connectivity index (χ3n) is 3.27. The van der Waals surface area contributed by atoms with Crippen LogP contribution in [0.3, 0.4) is 0 Å². The van der Waals surface area contributed by atoms with Crippen LogP contribution in [-0.4, -0.2) is 19.6 Å². The summed E-state index contributed by atoms with van der Waals surface area (Å²) in [5.74, 6) is -0.205. The lowest BCUT2D eigenvalue weighted by Crippen LogP contribution is -2.52. The van der Waals surface area contributed by atoms with Gasteiger partial charge in [0, 0.05) is 4.47 Å². The summed E-state index contributed by atoms with van der Waals surface area (Å²) in [6.07, 6.45) is 2.91. The minimum atomic E-state index is -0.687. The number of ether oxygens (including phenoxy) is 1. The fraction of sp³-hybridized carbons (Fsp3) is 0.462. The fourth-order valence-electron chi connectivity index (χ4n) is 2.40. The maximum absolute atomic E-state index is 12.1. The van der Waals surface area contributed by atoms with Crippen LogP contribution in [0.25, 0.3) is 0 Å². The number of methoxy groups -OCH3 is 1. The molecule has 0 aromatic heterocycles. The first-order chi connectivity index (χ1) is 8.20. The number of hydrogen-bond acceptors (Lipinski definition) is 3. The van der Waals surface area contributed by atoms with Crippen molar-refractivity contribution in [3.63, 3.8) is 0 Å². The normalized spacial score (nSPS) is 24.4. The predicted octanol–water partition coefficient (Wildman–Crippen LogP) is 2.59. The highest BCUT2D eigenvalue weighted by Crippen LogP contribution is 2.35. The number of carbonyl (C=O) groups excluding carboxylic acids is 1. The highest BCUT2D eigenvalue weighted by molar-refractivity contribution is 9.10. The lowest BCUT2D eigenvalue weighted by molar-refractivity contribution is -0.150. The molecule has 1 aliphatic heterocycles. The Labute approximate surface area is 110 Å². The molecule has 2 rings (SSSR count). The first kappa shape index (κ1) is 12.6. The van der Waals surface area contributed by atoms with Crippen molar-refractivity contribution in [2.75, 3.05) is 13.7 Å². The van der Waals surface area contributed by atoms with Gasteiger partial charge in [0.2, 0.25) is 0 Å². The number of nitrogens with one attached hydrogen (secondary N) is 1. The van der Waals surface area contributed by atoms with Crippen molar-refractivity contribution in [2.24, 2.45) is 0 Å². The van der Waals surface area contributed by atoms with E-state index in [4.69, 9.17) is 4.74 Å². The van der Waals surface area contributed by atoms with Crippen LogP contribution in [0.1, 0.15) is 24.8 Å². The molecule has 0 saturated carbocycles. The molecule has 0 spiro atoms. The van der Waals surface area contributed by atoms with Crippen LogP contribution >= 0.6 is 15.9 Å². The maximum Gasteiger partial charge on any atom is 0.330 e. The van der Waals surface area contributed by atoms with Gasteiger partial charge in [0.25, 0.3) is 0 Å². The topological polar surface area (TPSA) is 38.3 Å². The Balaban J connectivity index is 2.46. The van der Waals surface area contributed by atoms with E-state index >= 15 is 0 Å². The average Bonchev–Trinajstić information content (AvgIpc) is 2.39. The number of carbonyl (C=O) groups is 1. The highest BCUT2D eigenvalue weighted by atomic mass is 79.9. The quantitative estimate of drug-likeness (QED) is 0.853. The molecule has 92 valence electrons. The van der Waals surface area contributed by atoms with E-state index in [1.165, 1.54) is 7.11 Å². The number of benzene rings is 1. The van der Waals surface area contributed by atoms with Gasteiger partial charge in [-0.2, -0.15) is 0 Å². The Morgan fingerprint density at radius 1 is 1.41 bits per heavy atom. The van der Waals surface area contributed by atoms with E-state index in [-0.39, 0.29) is 5.97 Å². The van der Waals surface area contributed by atoms with Crippen molar-refractivity contribution in [1.29, 1.82) is 0 Å². The van der Waals surface area contributed by atoms with Crippen LogP contribution in [0.4, 0.5) is 0 Å². The average molecular weight is 298 g/mol. The molecule has 0 amide bonds. The SMILES string of the molecule is COC(=O)C1(c2ccccc2Br)CCCCN1. The molecule has 17 heavy (non-hydrogen) atoms. The summed E-state index contributed by atoms with van der Waals surface area (Å²) in [6, 6.07) is 7.82. The Morgan fingerprint density at radius 3 is 2.76 bits per heavy atom. The molecule has 1 heterocycles. The smallest absolute Gasteiger partial charge is 0.330 e. The molecule has 1 aromatic rings. The van der Waals surface area contributed by atoms with Gasteiger partial charge in [-0.15, -0.1) is 0 Å². The summed E-state index contributed by atoms with van der Waals surface area (Å²) < 4.78 is 5.92. The molecule has 1 N–H and O–H groups in total. The van der Waals surface area contributed by atoms with Crippen molar-refractivity contribution in [3.05, 3.63) is 34.3 Å². The van der Waals surface area contributed by atoms with E-state index < -0.39 is 5.54 Å². The van der Waals surface area contributed by atoms with Crippen molar-refractivity contribution >= 4 is 21.9 Å². The van der Waals surface area contributed by atoms with Gasteiger partial charge >= 0.3 is 5.97 Å². The molecule has 1 unspecified atom stereocenters. The first-order valence-electron chi connectivity index (χ1n) is 5.79. The van der Waals surface area contributed by atoms with E-state index in [0.29, 0.717) is 0 Å². The Bertz CT molecular complexity index is 414. The van der Waals surface area contributed by atoms with Crippen LogP contribution in [0, 0.1) is 0 Å². The number of rotatable bonds is 2. The van der Waals surface area contributed by atoms with E-state index in [0.717, 1.165) is 35.8 Å². The van der Waals surface area contributed by atoms with Crippen molar-refractivity contribution < 1.29 is 9.53 Å². The lowest BCUT2D eigenvalue weighted by Gasteiger charge is -2.36. The summed E-state index contributed by atoms with van der Waals surface area (Å²) >= 11 is 3.52. The van der Waals surface area contributed by atoms with Gasteiger partial charge in [-0.3, -0.25) is 5.32 Å². The summed E-state index contributed by atoms with van der Waals surface area (Å²) in [7, 11) is 1.44. The summed E-state index contributed by atoms with van der Waals surface area (Å²) in [5.41, 5.74) is 0.277. The second kappa shape index (κ2) is 5.19. The third kappa shape index (κ3) is 2.24. The van der Waals surface area contributed by atoms with Crippen LogP contribution < -0.4 is 5.32 Å². The zero-order valence-electron chi connectivity index (χ0n) is 9.83. The van der Waals surface area contributed by atoms with Gasteiger partial charge < -0.3 is 4.74 Å². The molecular formula is C13H16BrNO2. The van der Waals surface area contributed by atoms with Crippen LogP contribution in [-0.2, 0) is 15.1 Å². The van der Waals surface area contributed by atoms with Gasteiger partial charge in [-0.1, -0.05) is 34.1 Å². The summed E-state index contributed by atoms with van der Waals surface area (Å²) in [6.45, 7) is 0.844. The molecule has 0 bridgehead atoms. The molecule has 3 nitrogen and oxygen atoms in total. The first-order valence-corrected chi connectivity index (χ1v) is 6.58. The molecular weight excluding hydrogens is 282 g/mol. The standard InChI is InChI=1S/C13H16BrNO2/c1-17-12(16)13(8-4-5-9-15-13)10-6-2-3-7-11(10)14/h2-3,6-7,15H,4-5,8-9H2,1H3. The zero-order chi connectivity index (χ0) is 12.3. The zero-order valence-corrected chi connectivity index (χ0v) is 11.4. The van der Waals surface area contributed by atoms with Gasteiger partial charge in [0.05, 0.1) is 7.11 Å². The number of esters is 1. The van der Waals surface area contributed by atoms with Crippen LogP contribution in [0.2, 0.25) is 0 Å². The summed E-state index contributed by atoms with van der Waals surface area (Å²) in [4.78, 5) is 12.1. The maximum atomic E-state index is 12.1. The Morgan fingerprint density at radius 2 is 2.18 bits per heavy atom. The molecule has 4 heteroatoms. The second-order valence-corrected chi connectivity index (χ2v) is 5.11. The van der Waals surface area contributed by atoms with Crippen molar-refractivity contribution in [3.8, 4) is 0 Å². The van der Waals surface area contributed by atoms with Gasteiger partial charge in [-0.25, -0.2) is 4.79 Å². The fourth-order valence-corrected chi connectivity index (χ4v) is 3.02. The van der Waals surface area contributed by atoms with Gasteiger partial charge in [0.15, 0.2) is 0 Å². The molecule has 1 aromatic carbocycles. The monoisotopic (exact) mass is 297 g/mol. The molecule has 1 aliphatic rings. The third-order valence-corrected chi connectivity index (χ3v) is 3.96. The predicted molar refractivity (Wildman–Crippen MR) is 69.7 cm³/mol. The summed E-state index contributed by atoms with van der Waals surface area (Å²) in [5, 5.41) is 3.34. The van der Waals surface area contributed by atoms with Crippen molar-refractivity contribution in [1.82, 2.24) is 5.32 Å². The van der Waals surface area contributed by atoms with Crippen LogP contribution in [0.15, 0.2) is 28.7 Å². The molecule has 1 saturated heterocycles. The Hall–Kier alpha value is -0.870. The van der Waals surface area contributed by atoms with Crippen LogP contribution in [0.5, 0.6) is 0 Å². The van der Waals surface area contributed by atoms with E-state index in [2.05, 4.69) is 21.2 Å². The Kier molecular flexibility index (Phi) is 3.84. The van der Waals surface area contributed by atoms with Crippen molar-refractivity contribution in [2.45, 2.75) is 24.8 Å². The number of halogens is 1. The van der Waals surface area contributed by atoms with E-state index in [9.17, 15) is 4.79 Å². The second-order valence-electron chi connectivity index (χ2n) is 4.26. The van der Waals surface area contributed by atoms with E-state index in [1.807, 2.05) is 24.3 Å². The molecule has 1 atom stereocenters. The highest BCUT2D eigenvalue weighted by Gasteiger charge is 2.43. The van der Waals surface area contributed by atoms with Gasteiger partial charge in [0.1, 0.15) is 5.54 Å². The minimum absolute atomic E-state index is 0.205. The van der Waals surface area contributed by atoms with E-state index in [1.54, 1.807) is 0 Å². The molecule has 0 radical (unpaired) electrons. The molecule has 1 fully saturated rings. The molecule has 0 aliphatic carbocycles. The number of hydrogen-bond donors (Lipinski definition) is 1. The number of piperidine rings is 1. The lowest BCUT2D eigenvalue weighted by atomic mass is 9.82. The minimum Gasteiger partial charge on any atom is -0.467 e. The largest absolute Gasteiger partial charge is 0.467 e.